The van der Waals surface area contributed by atoms with Gasteiger partial charge in [-0.3, -0.25) is 4.79 Å². The first kappa shape index (κ1) is 26.0. The lowest BCUT2D eigenvalue weighted by Gasteiger charge is -2.08. The Bertz CT molecular complexity index is 1340. The maximum absolute atomic E-state index is 12.6. The monoisotopic (exact) mass is 504 g/mol. The van der Waals surface area contributed by atoms with Gasteiger partial charge in [0.15, 0.2) is 0 Å². The van der Waals surface area contributed by atoms with Crippen molar-refractivity contribution in [1.29, 1.82) is 5.26 Å². The zero-order valence-corrected chi connectivity index (χ0v) is 20.2. The lowest BCUT2D eigenvalue weighted by molar-refractivity contribution is -0.112. The Hall–Kier alpha value is -4.61. The van der Waals surface area contributed by atoms with Crippen LogP contribution < -0.4 is 14.8 Å². The van der Waals surface area contributed by atoms with Gasteiger partial charge in [0.2, 0.25) is 0 Å². The number of nitrogens with one attached hydrogen (secondary N) is 1. The highest BCUT2D eigenvalue weighted by Crippen LogP contribution is 2.27. The molecule has 36 heavy (non-hydrogen) atoms. The lowest BCUT2D eigenvalue weighted by atomic mass is 10.1. The van der Waals surface area contributed by atoms with E-state index in [-0.39, 0.29) is 23.0 Å². The number of rotatable bonds is 8. The molecule has 3 aromatic carbocycles. The van der Waals surface area contributed by atoms with Gasteiger partial charge < -0.3 is 19.5 Å². The second-order valence-electron chi connectivity index (χ2n) is 7.23. The van der Waals surface area contributed by atoms with Gasteiger partial charge in [-0.25, -0.2) is 9.59 Å². The Morgan fingerprint density at radius 1 is 0.972 bits per heavy atom. The van der Waals surface area contributed by atoms with Crippen molar-refractivity contribution in [2.45, 2.75) is 6.92 Å². The van der Waals surface area contributed by atoms with Crippen LogP contribution in [-0.4, -0.2) is 31.6 Å². The first-order chi connectivity index (χ1) is 17.3. The summed E-state index contributed by atoms with van der Waals surface area (Å²) in [4.78, 5) is 36.7. The fourth-order valence-electron chi connectivity index (χ4n) is 2.99. The second-order valence-corrected chi connectivity index (χ2v) is 7.64. The van der Waals surface area contributed by atoms with Crippen LogP contribution in [0.15, 0.2) is 72.3 Å². The van der Waals surface area contributed by atoms with Crippen molar-refractivity contribution in [3.63, 3.8) is 0 Å². The summed E-state index contributed by atoms with van der Waals surface area (Å²) in [7, 11) is 1.52. The average molecular weight is 505 g/mol. The molecule has 0 aliphatic rings. The van der Waals surface area contributed by atoms with Gasteiger partial charge in [0.1, 0.15) is 23.1 Å². The molecule has 0 heterocycles. The van der Waals surface area contributed by atoms with Crippen molar-refractivity contribution in [2.24, 2.45) is 0 Å². The minimum Gasteiger partial charge on any atom is -0.497 e. The van der Waals surface area contributed by atoms with Gasteiger partial charge in [0.05, 0.1) is 29.9 Å². The zero-order chi connectivity index (χ0) is 26.1. The Balaban J connectivity index is 1.69. The number of carbonyl (C=O) groups excluding carboxylic acids is 3. The molecule has 0 bridgehead atoms. The lowest BCUT2D eigenvalue weighted by Crippen LogP contribution is -2.13. The number of carbonyl (C=O) groups is 3. The predicted molar refractivity (Wildman–Crippen MR) is 134 cm³/mol. The Labute approximate surface area is 212 Å². The van der Waals surface area contributed by atoms with E-state index in [1.807, 2.05) is 6.07 Å². The van der Waals surface area contributed by atoms with E-state index in [0.29, 0.717) is 28.1 Å². The number of methoxy groups -OCH3 is 1. The molecule has 9 heteroatoms. The number of hydrogen-bond donors (Lipinski definition) is 1. The summed E-state index contributed by atoms with van der Waals surface area (Å²) in [5.74, 6) is -0.990. The molecule has 182 valence electrons. The molecule has 1 amide bonds. The van der Waals surface area contributed by atoms with Gasteiger partial charge in [-0.05, 0) is 79.2 Å². The van der Waals surface area contributed by atoms with Crippen molar-refractivity contribution < 1.29 is 28.6 Å². The third-order valence-electron chi connectivity index (χ3n) is 4.81. The van der Waals surface area contributed by atoms with Crippen LogP contribution in [0.25, 0.3) is 6.08 Å². The smallest absolute Gasteiger partial charge is 0.343 e. The minimum absolute atomic E-state index is 0.123. The third-order valence-corrected chi connectivity index (χ3v) is 5.11. The topological polar surface area (TPSA) is 115 Å². The number of anilines is 1. The molecular weight excluding hydrogens is 484 g/mol. The molecule has 0 saturated heterocycles. The van der Waals surface area contributed by atoms with Crippen molar-refractivity contribution in [3.8, 4) is 17.6 Å². The zero-order valence-electron chi connectivity index (χ0n) is 19.4. The highest BCUT2D eigenvalue weighted by atomic mass is 35.5. The maximum atomic E-state index is 12.6. The molecule has 0 atom stereocenters. The molecule has 0 unspecified atom stereocenters. The minimum atomic E-state index is -0.646. The van der Waals surface area contributed by atoms with Crippen LogP contribution in [0.4, 0.5) is 5.69 Å². The van der Waals surface area contributed by atoms with Crippen LogP contribution in [-0.2, 0) is 9.53 Å². The molecule has 8 nitrogen and oxygen atoms in total. The summed E-state index contributed by atoms with van der Waals surface area (Å²) >= 11 is 6.26. The summed E-state index contributed by atoms with van der Waals surface area (Å²) in [5.41, 5.74) is 1.33. The normalized spacial score (nSPS) is 10.7. The molecular formula is C27H21ClN2O6. The van der Waals surface area contributed by atoms with Crippen LogP contribution in [0.5, 0.6) is 11.5 Å². The van der Waals surface area contributed by atoms with E-state index in [4.69, 9.17) is 25.8 Å². The van der Waals surface area contributed by atoms with Gasteiger partial charge in [0, 0.05) is 5.69 Å². The van der Waals surface area contributed by atoms with Crippen LogP contribution in [0.3, 0.4) is 0 Å². The first-order valence-corrected chi connectivity index (χ1v) is 11.1. The molecule has 1 N–H and O–H groups in total. The van der Waals surface area contributed by atoms with E-state index in [1.54, 1.807) is 37.3 Å². The molecule has 0 radical (unpaired) electrons. The fourth-order valence-corrected chi connectivity index (χ4v) is 3.22. The second kappa shape index (κ2) is 12.2. The van der Waals surface area contributed by atoms with Crippen LogP contribution >= 0.6 is 11.6 Å². The van der Waals surface area contributed by atoms with E-state index in [1.165, 1.54) is 49.6 Å². The number of ether oxygens (including phenoxy) is 3. The van der Waals surface area contributed by atoms with Gasteiger partial charge in [-0.1, -0.05) is 17.7 Å². The number of amides is 1. The molecule has 0 saturated carbocycles. The molecule has 0 aromatic heterocycles. The number of nitrogens with zero attached hydrogens (tertiary/aromatic N) is 1. The molecule has 0 aliphatic heterocycles. The number of nitriles is 1. The molecule has 0 spiro atoms. The Morgan fingerprint density at radius 2 is 1.61 bits per heavy atom. The average Bonchev–Trinajstić information content (AvgIpc) is 2.89. The standard InChI is InChI=1S/C27H21ClN2O6/c1-3-35-26(32)18-5-9-21(10-6-18)30-25(31)20(16-29)14-17-4-13-24(23(28)15-17)36-27(33)19-7-11-22(34-2)12-8-19/h4-15H,3H2,1-2H3,(H,30,31)/b20-14+. The maximum Gasteiger partial charge on any atom is 0.343 e. The third kappa shape index (κ3) is 6.72. The number of benzene rings is 3. The summed E-state index contributed by atoms with van der Waals surface area (Å²) in [6.45, 7) is 1.96. The van der Waals surface area contributed by atoms with Crippen molar-refractivity contribution >= 4 is 41.2 Å². The van der Waals surface area contributed by atoms with E-state index in [9.17, 15) is 19.6 Å². The summed E-state index contributed by atoms with van der Waals surface area (Å²) in [6.07, 6.45) is 1.35. The van der Waals surface area contributed by atoms with Gasteiger partial charge in [0.25, 0.3) is 5.91 Å². The van der Waals surface area contributed by atoms with Crippen LogP contribution in [0.1, 0.15) is 33.2 Å². The Morgan fingerprint density at radius 3 is 2.19 bits per heavy atom. The predicted octanol–water partition coefficient (Wildman–Crippen LogP) is 5.29. The number of halogens is 1. The highest BCUT2D eigenvalue weighted by Gasteiger charge is 2.14. The van der Waals surface area contributed by atoms with Crippen LogP contribution in [0, 0.1) is 11.3 Å². The molecule has 3 aromatic rings. The molecule has 0 aliphatic carbocycles. The first-order valence-electron chi connectivity index (χ1n) is 10.7. The van der Waals surface area contributed by atoms with Gasteiger partial charge >= 0.3 is 11.9 Å². The largest absolute Gasteiger partial charge is 0.497 e. The van der Waals surface area contributed by atoms with E-state index >= 15 is 0 Å². The van der Waals surface area contributed by atoms with Crippen LogP contribution in [0.2, 0.25) is 5.02 Å². The van der Waals surface area contributed by atoms with Crippen molar-refractivity contribution in [1.82, 2.24) is 0 Å². The van der Waals surface area contributed by atoms with Gasteiger partial charge in [-0.2, -0.15) is 5.26 Å². The number of esters is 2. The molecule has 0 fully saturated rings. The van der Waals surface area contributed by atoms with E-state index in [0.717, 1.165) is 0 Å². The van der Waals surface area contributed by atoms with E-state index < -0.39 is 17.8 Å². The fraction of sp³-hybridized carbons (Fsp3) is 0.111. The SMILES string of the molecule is CCOC(=O)c1ccc(NC(=O)/C(C#N)=C/c2ccc(OC(=O)c3ccc(OC)cc3)c(Cl)c2)cc1. The summed E-state index contributed by atoms with van der Waals surface area (Å²) in [5, 5.41) is 12.2. The van der Waals surface area contributed by atoms with Crippen molar-refractivity contribution in [3.05, 3.63) is 94.0 Å². The highest BCUT2D eigenvalue weighted by molar-refractivity contribution is 6.32. The summed E-state index contributed by atoms with van der Waals surface area (Å²) in [6, 6.07) is 18.8. The quantitative estimate of drug-likeness (QED) is 0.192. The van der Waals surface area contributed by atoms with Gasteiger partial charge in [-0.15, -0.1) is 0 Å². The number of hydrogen-bond acceptors (Lipinski definition) is 7. The Kier molecular flexibility index (Phi) is 8.81. The van der Waals surface area contributed by atoms with E-state index in [2.05, 4.69) is 5.32 Å². The summed E-state index contributed by atoms with van der Waals surface area (Å²) < 4.78 is 15.3. The van der Waals surface area contributed by atoms with Crippen molar-refractivity contribution in [2.75, 3.05) is 19.0 Å². The molecule has 3 rings (SSSR count).